The number of nitrogens with zero attached hydrogens (tertiary/aromatic N) is 2. The molecular formula is C26H38N5O3S+. The van der Waals surface area contributed by atoms with Gasteiger partial charge in [-0.2, -0.15) is 0 Å². The number of aromatic hydroxyl groups is 1. The Bertz CT molecular complexity index is 1140. The second-order valence-electron chi connectivity index (χ2n) is 9.71. The number of thiol groups is 1. The first-order valence-corrected chi connectivity index (χ1v) is 11.9. The standard InChI is InChI=1S/C26H37N5O3S/c1-9-34-19-14-17(12-10-15(19)2)22(26(4,5)6)29-24(30-35)23(27)28-18-13-11-16(3)20(21(18)32)25(33)31(7)8/h10-14,22,32,35H,9H2,1-8H3,(H2,27,28)(H,29,30)/p+1/t22-/m0/s1. The van der Waals surface area contributed by atoms with Crippen molar-refractivity contribution in [3.63, 3.8) is 0 Å². The fourth-order valence-corrected chi connectivity index (χ4v) is 3.84. The maximum atomic E-state index is 12.6. The minimum absolute atomic E-state index is 0.0776. The molecule has 190 valence electrons. The molecule has 0 heterocycles. The summed E-state index contributed by atoms with van der Waals surface area (Å²) >= 11 is 4.24. The fraction of sp³-hybridized carbons (Fsp3) is 0.423. The Kier molecular flexibility index (Phi) is 9.20. The molecule has 35 heavy (non-hydrogen) atoms. The Hall–Kier alpha value is -3.20. The summed E-state index contributed by atoms with van der Waals surface area (Å²) in [6, 6.07) is 9.27. The van der Waals surface area contributed by atoms with Crippen molar-refractivity contribution in [1.29, 1.82) is 0 Å². The molecule has 0 spiro atoms. The summed E-state index contributed by atoms with van der Waals surface area (Å²) in [7, 11) is 3.25. The largest absolute Gasteiger partial charge is 0.505 e. The molecule has 0 bridgehead atoms. The average Bonchev–Trinajstić information content (AvgIpc) is 2.77. The summed E-state index contributed by atoms with van der Waals surface area (Å²) in [6.45, 7) is 12.6. The number of aliphatic imine (C=N–C) groups is 1. The summed E-state index contributed by atoms with van der Waals surface area (Å²) in [5, 5.41) is 10.8. The maximum Gasteiger partial charge on any atom is 0.322 e. The summed E-state index contributed by atoms with van der Waals surface area (Å²) in [5.74, 6) is 0.728. The molecule has 2 rings (SSSR count). The molecule has 9 heteroatoms. The van der Waals surface area contributed by atoms with Crippen molar-refractivity contribution in [1.82, 2.24) is 9.62 Å². The zero-order valence-corrected chi connectivity index (χ0v) is 22.7. The predicted molar refractivity (Wildman–Crippen MR) is 145 cm³/mol. The lowest BCUT2D eigenvalue weighted by molar-refractivity contribution is -0.529. The SMILES string of the molecule is CCOc1cc([C@H]([NH+]=C(NS)C(N)=Nc2ccc(C)c(C(=O)N(C)C)c2O)C(C)(C)C)ccc1C. The molecule has 1 amide bonds. The highest BCUT2D eigenvalue weighted by Gasteiger charge is 2.30. The van der Waals surface area contributed by atoms with E-state index in [0.29, 0.717) is 18.0 Å². The Labute approximate surface area is 213 Å². The van der Waals surface area contributed by atoms with Gasteiger partial charge in [-0.1, -0.05) is 39.0 Å². The maximum absolute atomic E-state index is 12.6. The van der Waals surface area contributed by atoms with Crippen LogP contribution in [0.2, 0.25) is 0 Å². The van der Waals surface area contributed by atoms with Gasteiger partial charge < -0.3 is 20.5 Å². The lowest BCUT2D eigenvalue weighted by atomic mass is 9.82. The average molecular weight is 501 g/mol. The van der Waals surface area contributed by atoms with Gasteiger partial charge >= 0.3 is 5.84 Å². The van der Waals surface area contributed by atoms with Crippen LogP contribution in [-0.2, 0) is 0 Å². The van der Waals surface area contributed by atoms with E-state index in [-0.39, 0.29) is 40.2 Å². The molecule has 2 aromatic rings. The minimum Gasteiger partial charge on any atom is -0.505 e. The zero-order valence-electron chi connectivity index (χ0n) is 21.9. The molecule has 0 aromatic heterocycles. The molecule has 5 N–H and O–H groups in total. The molecule has 8 nitrogen and oxygen atoms in total. The molecule has 0 fully saturated rings. The highest BCUT2D eigenvalue weighted by Crippen LogP contribution is 2.34. The summed E-state index contributed by atoms with van der Waals surface area (Å²) < 4.78 is 8.58. The summed E-state index contributed by atoms with van der Waals surface area (Å²) in [5.41, 5.74) is 9.20. The first-order chi connectivity index (χ1) is 16.3. The molecule has 0 saturated carbocycles. The molecule has 0 unspecified atom stereocenters. The number of benzene rings is 2. The first kappa shape index (κ1) is 28.0. The Morgan fingerprint density at radius 1 is 1.23 bits per heavy atom. The molecule has 0 aliphatic heterocycles. The zero-order chi connectivity index (χ0) is 26.5. The van der Waals surface area contributed by atoms with Gasteiger partial charge in [0.2, 0.25) is 5.84 Å². The number of amidine groups is 2. The smallest absolute Gasteiger partial charge is 0.322 e. The van der Waals surface area contributed by atoms with E-state index in [4.69, 9.17) is 10.5 Å². The van der Waals surface area contributed by atoms with Gasteiger partial charge in [-0.3, -0.25) is 9.79 Å². The van der Waals surface area contributed by atoms with E-state index in [1.807, 2.05) is 26.0 Å². The number of nitrogens with one attached hydrogen (secondary N) is 2. The highest BCUT2D eigenvalue weighted by atomic mass is 32.1. The third-order valence-corrected chi connectivity index (χ3v) is 5.82. The second kappa shape index (κ2) is 11.5. The number of ether oxygens (including phenoxy) is 1. The van der Waals surface area contributed by atoms with E-state index in [9.17, 15) is 9.90 Å². The summed E-state index contributed by atoms with van der Waals surface area (Å²) in [4.78, 5) is 21.8. The fourth-order valence-electron chi connectivity index (χ4n) is 3.67. The third kappa shape index (κ3) is 6.69. The number of phenols is 1. The van der Waals surface area contributed by atoms with Gasteiger partial charge in [-0.15, -0.1) is 0 Å². The van der Waals surface area contributed by atoms with Gasteiger partial charge in [0, 0.05) is 37.9 Å². The second-order valence-corrected chi connectivity index (χ2v) is 9.93. The van der Waals surface area contributed by atoms with E-state index in [0.717, 1.165) is 16.9 Å². The van der Waals surface area contributed by atoms with Crippen LogP contribution in [0.3, 0.4) is 0 Å². The van der Waals surface area contributed by atoms with Crippen LogP contribution in [-0.4, -0.2) is 48.3 Å². The van der Waals surface area contributed by atoms with E-state index in [2.05, 4.69) is 54.4 Å². The number of hydrogen-bond acceptors (Lipinski definition) is 5. The molecule has 0 aliphatic rings. The minimum atomic E-state index is -0.317. The van der Waals surface area contributed by atoms with Crippen LogP contribution in [0.25, 0.3) is 0 Å². The first-order valence-electron chi connectivity index (χ1n) is 11.5. The van der Waals surface area contributed by atoms with Crippen LogP contribution in [0.4, 0.5) is 5.69 Å². The number of amides is 1. The Morgan fingerprint density at radius 2 is 1.86 bits per heavy atom. The number of nitrogens with two attached hydrogens (primary N) is 1. The monoisotopic (exact) mass is 500 g/mol. The van der Waals surface area contributed by atoms with Crippen LogP contribution >= 0.6 is 12.8 Å². The van der Waals surface area contributed by atoms with Gasteiger partial charge in [0.05, 0.1) is 12.2 Å². The molecule has 1 atom stereocenters. The quantitative estimate of drug-likeness (QED) is 0.238. The lowest BCUT2D eigenvalue weighted by Gasteiger charge is -2.27. The van der Waals surface area contributed by atoms with Crippen LogP contribution in [0, 0.1) is 19.3 Å². The molecular weight excluding hydrogens is 462 g/mol. The van der Waals surface area contributed by atoms with Crippen LogP contribution in [0.1, 0.15) is 60.8 Å². The van der Waals surface area contributed by atoms with Crippen LogP contribution in [0.5, 0.6) is 11.5 Å². The van der Waals surface area contributed by atoms with E-state index >= 15 is 0 Å². The van der Waals surface area contributed by atoms with Gasteiger partial charge in [0.25, 0.3) is 5.91 Å². The van der Waals surface area contributed by atoms with Crippen molar-refractivity contribution in [2.75, 3.05) is 20.7 Å². The third-order valence-electron chi connectivity index (χ3n) is 5.59. The normalized spacial score (nSPS) is 13.4. The van der Waals surface area contributed by atoms with Crippen molar-refractivity contribution in [3.05, 3.63) is 52.6 Å². The van der Waals surface area contributed by atoms with Gasteiger partial charge in [-0.05, 0) is 44.0 Å². The summed E-state index contributed by atoms with van der Waals surface area (Å²) in [6.07, 6.45) is 0. The van der Waals surface area contributed by atoms with E-state index < -0.39 is 0 Å². The number of hydrogen-bond donors (Lipinski definition) is 5. The van der Waals surface area contributed by atoms with Crippen LogP contribution in [0.15, 0.2) is 35.3 Å². The number of carbonyl (C=O) groups excluding carboxylic acids is 1. The Morgan fingerprint density at radius 3 is 2.40 bits per heavy atom. The van der Waals surface area contributed by atoms with Crippen molar-refractivity contribution >= 4 is 36.1 Å². The number of phenolic OH excluding ortho intramolecular Hbond substituents is 1. The van der Waals surface area contributed by atoms with Crippen molar-refractivity contribution in [2.45, 2.75) is 47.6 Å². The number of aryl methyl sites for hydroxylation is 2. The van der Waals surface area contributed by atoms with E-state index in [1.165, 1.54) is 4.90 Å². The van der Waals surface area contributed by atoms with Gasteiger partial charge in [0.15, 0.2) is 5.75 Å². The Balaban J connectivity index is 2.58. The van der Waals surface area contributed by atoms with Gasteiger partial charge in [-0.25, -0.2) is 9.71 Å². The lowest BCUT2D eigenvalue weighted by Crippen LogP contribution is -2.81. The molecule has 0 radical (unpaired) electrons. The van der Waals surface area contributed by atoms with Crippen molar-refractivity contribution in [3.8, 4) is 11.5 Å². The van der Waals surface area contributed by atoms with Gasteiger partial charge in [0.1, 0.15) is 17.5 Å². The molecule has 2 aromatic carbocycles. The van der Waals surface area contributed by atoms with Crippen molar-refractivity contribution in [2.24, 2.45) is 16.1 Å². The highest BCUT2D eigenvalue weighted by molar-refractivity contribution is 7.78. The van der Waals surface area contributed by atoms with Crippen LogP contribution < -0.4 is 20.2 Å². The number of carbonyl (C=O) groups is 1. The molecule has 0 aliphatic carbocycles. The van der Waals surface area contributed by atoms with E-state index in [1.54, 1.807) is 33.2 Å². The predicted octanol–water partition coefficient (Wildman–Crippen LogP) is 2.80. The molecule has 0 saturated heterocycles. The van der Waals surface area contributed by atoms with Crippen molar-refractivity contribution < 1.29 is 19.6 Å². The topological polar surface area (TPSA) is 114 Å². The number of rotatable bonds is 6.